The van der Waals surface area contributed by atoms with Gasteiger partial charge in [0.25, 0.3) is 11.8 Å². The summed E-state index contributed by atoms with van der Waals surface area (Å²) < 4.78 is 25.8. The number of hydrogen-bond donors (Lipinski definition) is 1. The molecule has 0 aliphatic carbocycles. The summed E-state index contributed by atoms with van der Waals surface area (Å²) >= 11 is 8.60. The Bertz CT molecular complexity index is 1090. The van der Waals surface area contributed by atoms with Crippen molar-refractivity contribution in [2.45, 2.75) is 26.9 Å². The van der Waals surface area contributed by atoms with Crippen LogP contribution in [0.5, 0.6) is 11.5 Å². The molecule has 1 fully saturated rings. The third-order valence-corrected chi connectivity index (χ3v) is 5.04. The number of nitrogens with one attached hydrogen (secondary N) is 1. The van der Waals surface area contributed by atoms with Gasteiger partial charge in [-0.3, -0.25) is 19.8 Å². The van der Waals surface area contributed by atoms with Gasteiger partial charge in [0.2, 0.25) is 0 Å². The van der Waals surface area contributed by atoms with Crippen molar-refractivity contribution < 1.29 is 23.5 Å². The van der Waals surface area contributed by atoms with Crippen LogP contribution >= 0.6 is 28.1 Å². The van der Waals surface area contributed by atoms with Crippen molar-refractivity contribution in [3.63, 3.8) is 0 Å². The van der Waals surface area contributed by atoms with E-state index in [0.29, 0.717) is 28.1 Å². The van der Waals surface area contributed by atoms with Gasteiger partial charge in [0, 0.05) is 0 Å². The Hall–Kier alpha value is -2.78. The number of halogens is 2. The van der Waals surface area contributed by atoms with Gasteiger partial charge in [-0.2, -0.15) is 0 Å². The zero-order valence-electron chi connectivity index (χ0n) is 17.1. The summed E-state index contributed by atoms with van der Waals surface area (Å²) in [6.45, 7) is 6.04. The van der Waals surface area contributed by atoms with Crippen LogP contribution in [0.2, 0.25) is 0 Å². The lowest BCUT2D eigenvalue weighted by atomic mass is 10.1. The molecule has 0 unspecified atom stereocenters. The zero-order valence-corrected chi connectivity index (χ0v) is 19.5. The van der Waals surface area contributed by atoms with E-state index in [1.165, 1.54) is 30.3 Å². The number of hydrogen-bond acceptors (Lipinski definition) is 5. The molecular weight excluding hydrogens is 487 g/mol. The van der Waals surface area contributed by atoms with Crippen LogP contribution in [0.15, 0.2) is 46.4 Å². The van der Waals surface area contributed by atoms with Gasteiger partial charge < -0.3 is 9.47 Å². The summed E-state index contributed by atoms with van der Waals surface area (Å²) in [5.41, 5.74) is 0.611. The largest absolute Gasteiger partial charge is 0.490 e. The molecule has 0 spiro atoms. The maximum absolute atomic E-state index is 13.7. The molecule has 9 heteroatoms. The molecule has 2 aromatic rings. The third-order valence-electron chi connectivity index (χ3n) is 4.16. The summed E-state index contributed by atoms with van der Waals surface area (Å²) in [6, 6.07) is 8.81. The smallest absolute Gasteiger partial charge is 0.270 e. The second kappa shape index (κ2) is 9.57. The molecule has 0 aromatic heterocycles. The second-order valence-electron chi connectivity index (χ2n) is 6.87. The van der Waals surface area contributed by atoms with Gasteiger partial charge in [-0.15, -0.1) is 0 Å². The molecule has 0 radical (unpaired) electrons. The van der Waals surface area contributed by atoms with Crippen molar-refractivity contribution in [2.24, 2.45) is 0 Å². The monoisotopic (exact) mass is 506 g/mol. The summed E-state index contributed by atoms with van der Waals surface area (Å²) in [4.78, 5) is 26.7. The molecular formula is C22H20BrFN2O4S. The van der Waals surface area contributed by atoms with Crippen LogP contribution in [0, 0.1) is 5.82 Å². The van der Waals surface area contributed by atoms with Crippen molar-refractivity contribution in [2.75, 3.05) is 11.5 Å². The van der Waals surface area contributed by atoms with Crippen LogP contribution < -0.4 is 19.7 Å². The van der Waals surface area contributed by atoms with E-state index >= 15 is 0 Å². The van der Waals surface area contributed by atoms with Gasteiger partial charge >= 0.3 is 0 Å². The highest BCUT2D eigenvalue weighted by Crippen LogP contribution is 2.38. The van der Waals surface area contributed by atoms with Crippen molar-refractivity contribution in [3.05, 3.63) is 57.8 Å². The number of carbonyl (C=O) groups is 2. The first-order valence-corrected chi connectivity index (χ1v) is 10.7. The summed E-state index contributed by atoms with van der Waals surface area (Å²) in [6.07, 6.45) is 1.35. The molecule has 1 saturated heterocycles. The molecule has 3 rings (SSSR count). The van der Waals surface area contributed by atoms with Gasteiger partial charge in [0.15, 0.2) is 16.6 Å². The fourth-order valence-electron chi connectivity index (χ4n) is 2.96. The number of rotatable bonds is 6. The summed E-state index contributed by atoms with van der Waals surface area (Å²) in [5.74, 6) is -0.823. The van der Waals surface area contributed by atoms with Crippen molar-refractivity contribution in [1.82, 2.24) is 5.32 Å². The average molecular weight is 507 g/mol. The SMILES string of the molecule is CCOc1cc(C=C2C(=O)NC(=S)N(c3cccc(F)c3)C2=O)cc(Br)c1OC(C)C. The van der Waals surface area contributed by atoms with E-state index in [4.69, 9.17) is 21.7 Å². The maximum atomic E-state index is 13.7. The van der Waals surface area contributed by atoms with E-state index in [1.54, 1.807) is 12.1 Å². The topological polar surface area (TPSA) is 67.9 Å². The van der Waals surface area contributed by atoms with Crippen LogP contribution in [-0.2, 0) is 9.59 Å². The van der Waals surface area contributed by atoms with Gasteiger partial charge in [-0.25, -0.2) is 4.39 Å². The minimum atomic E-state index is -0.657. The molecule has 1 heterocycles. The number of benzene rings is 2. The van der Waals surface area contributed by atoms with Crippen molar-refractivity contribution >= 4 is 56.8 Å². The number of anilines is 1. The first-order chi connectivity index (χ1) is 14.7. The molecule has 6 nitrogen and oxygen atoms in total. The highest BCUT2D eigenvalue weighted by atomic mass is 79.9. The zero-order chi connectivity index (χ0) is 22.7. The van der Waals surface area contributed by atoms with Crippen LogP contribution in [0.25, 0.3) is 6.08 Å². The number of thiocarbonyl (C=S) groups is 1. The third kappa shape index (κ3) is 5.11. The average Bonchev–Trinajstić information content (AvgIpc) is 2.68. The lowest BCUT2D eigenvalue weighted by Gasteiger charge is -2.29. The fourth-order valence-corrected chi connectivity index (χ4v) is 3.79. The summed E-state index contributed by atoms with van der Waals surface area (Å²) in [5, 5.41) is 2.36. The van der Waals surface area contributed by atoms with E-state index in [1.807, 2.05) is 20.8 Å². The molecule has 2 aromatic carbocycles. The Morgan fingerprint density at radius 2 is 2.00 bits per heavy atom. The Morgan fingerprint density at radius 3 is 2.65 bits per heavy atom. The van der Waals surface area contributed by atoms with Crippen LogP contribution in [0.4, 0.5) is 10.1 Å². The first-order valence-electron chi connectivity index (χ1n) is 9.51. The molecule has 2 amide bonds. The van der Waals surface area contributed by atoms with Gasteiger partial charge in [-0.05, 0) is 90.9 Å². The molecule has 0 atom stereocenters. The minimum Gasteiger partial charge on any atom is -0.490 e. The molecule has 162 valence electrons. The lowest BCUT2D eigenvalue weighted by Crippen LogP contribution is -2.54. The van der Waals surface area contributed by atoms with Crippen molar-refractivity contribution in [3.8, 4) is 11.5 Å². The molecule has 31 heavy (non-hydrogen) atoms. The van der Waals surface area contributed by atoms with Gasteiger partial charge in [0.1, 0.15) is 11.4 Å². The van der Waals surface area contributed by atoms with Crippen LogP contribution in [0.3, 0.4) is 0 Å². The highest BCUT2D eigenvalue weighted by Gasteiger charge is 2.34. The van der Waals surface area contributed by atoms with E-state index in [9.17, 15) is 14.0 Å². The molecule has 0 saturated carbocycles. The van der Waals surface area contributed by atoms with Crippen LogP contribution in [0.1, 0.15) is 26.3 Å². The van der Waals surface area contributed by atoms with E-state index in [2.05, 4.69) is 21.2 Å². The highest BCUT2D eigenvalue weighted by molar-refractivity contribution is 9.10. The normalized spacial score (nSPS) is 15.5. The Kier molecular flexibility index (Phi) is 7.07. The van der Waals surface area contributed by atoms with Crippen molar-refractivity contribution in [1.29, 1.82) is 0 Å². The molecule has 1 aliphatic rings. The minimum absolute atomic E-state index is 0.0775. The van der Waals surface area contributed by atoms with E-state index in [-0.39, 0.29) is 22.5 Å². The summed E-state index contributed by atoms with van der Waals surface area (Å²) in [7, 11) is 0. The quantitative estimate of drug-likeness (QED) is 0.352. The molecule has 1 N–H and O–H groups in total. The Labute approximate surface area is 193 Å². The van der Waals surface area contributed by atoms with Gasteiger partial charge in [-0.1, -0.05) is 6.07 Å². The standard InChI is InChI=1S/C22H20BrFN2O4S/c1-4-29-18-10-13(9-17(23)19(18)30-12(2)3)8-16-20(27)25-22(31)26(21(16)28)15-7-5-6-14(24)11-15/h5-12H,4H2,1-3H3,(H,25,27,31). The molecule has 0 bridgehead atoms. The number of amides is 2. The lowest BCUT2D eigenvalue weighted by molar-refractivity contribution is -0.122. The van der Waals surface area contributed by atoms with E-state index in [0.717, 1.165) is 4.90 Å². The van der Waals surface area contributed by atoms with Gasteiger partial charge in [0.05, 0.1) is 22.9 Å². The number of nitrogens with zero attached hydrogens (tertiary/aromatic N) is 1. The number of carbonyl (C=O) groups excluding carboxylic acids is 2. The predicted octanol–water partition coefficient (Wildman–Crippen LogP) is 4.61. The Morgan fingerprint density at radius 1 is 1.26 bits per heavy atom. The Balaban J connectivity index is 2.04. The number of ether oxygens (including phenoxy) is 2. The predicted molar refractivity (Wildman–Crippen MR) is 124 cm³/mol. The van der Waals surface area contributed by atoms with Crippen LogP contribution in [-0.4, -0.2) is 29.6 Å². The second-order valence-corrected chi connectivity index (χ2v) is 8.11. The molecule has 1 aliphatic heterocycles. The maximum Gasteiger partial charge on any atom is 0.270 e. The van der Waals surface area contributed by atoms with E-state index < -0.39 is 17.6 Å². The first kappa shape index (κ1) is 22.9. The fraction of sp³-hybridized carbons (Fsp3) is 0.227.